The molecule has 0 heterocycles. The van der Waals surface area contributed by atoms with E-state index in [-0.39, 0.29) is 31.5 Å². The van der Waals surface area contributed by atoms with Crippen LogP contribution >= 0.6 is 11.6 Å². The van der Waals surface area contributed by atoms with Gasteiger partial charge in [-0.3, -0.25) is 9.59 Å². The second kappa shape index (κ2) is 7.75. The molecule has 1 aromatic rings. The number of amides is 1. The number of carboxylic acid groups (broad SMARTS) is 1. The Balaban J connectivity index is 2.53. The lowest BCUT2D eigenvalue weighted by molar-refractivity contribution is -0.139. The van der Waals surface area contributed by atoms with Crippen LogP contribution in [-0.2, 0) is 9.59 Å². The topological polar surface area (TPSA) is 66.8 Å². The second-order valence-corrected chi connectivity index (χ2v) is 5.00. The molecule has 0 fully saturated rings. The zero-order valence-corrected chi connectivity index (χ0v) is 12.3. The van der Waals surface area contributed by atoms with Crippen molar-refractivity contribution < 1.29 is 19.4 Å². The quantitative estimate of drug-likeness (QED) is 0.839. The number of rotatable bonds is 7. The highest BCUT2D eigenvalue weighted by molar-refractivity contribution is 6.30. The van der Waals surface area contributed by atoms with E-state index >= 15 is 0 Å². The molecule has 0 saturated heterocycles. The fourth-order valence-electron chi connectivity index (χ4n) is 1.65. The fourth-order valence-corrected chi connectivity index (χ4v) is 1.77. The Bertz CT molecular complexity index is 459. The number of carbonyl (C=O) groups excluding carboxylic acids is 1. The molecule has 0 aromatic heterocycles. The van der Waals surface area contributed by atoms with Gasteiger partial charge in [-0.2, -0.15) is 0 Å². The van der Waals surface area contributed by atoms with E-state index in [1.807, 2.05) is 13.8 Å². The first kappa shape index (κ1) is 16.3. The maximum Gasteiger partial charge on any atom is 0.305 e. The van der Waals surface area contributed by atoms with Gasteiger partial charge in [-0.25, -0.2) is 0 Å². The summed E-state index contributed by atoms with van der Waals surface area (Å²) in [5, 5.41) is 9.27. The third-order valence-corrected chi connectivity index (χ3v) is 2.94. The summed E-state index contributed by atoms with van der Waals surface area (Å²) in [6.45, 7) is 3.72. The predicted molar refractivity (Wildman–Crippen MR) is 76.0 cm³/mol. The van der Waals surface area contributed by atoms with Crippen LogP contribution < -0.4 is 4.74 Å². The van der Waals surface area contributed by atoms with E-state index in [4.69, 9.17) is 21.4 Å². The van der Waals surface area contributed by atoms with Crippen molar-refractivity contribution in [2.24, 2.45) is 0 Å². The third kappa shape index (κ3) is 5.48. The third-order valence-electron chi connectivity index (χ3n) is 2.69. The monoisotopic (exact) mass is 299 g/mol. The molecule has 20 heavy (non-hydrogen) atoms. The number of carbonyl (C=O) groups is 2. The molecular weight excluding hydrogens is 282 g/mol. The molecule has 0 spiro atoms. The summed E-state index contributed by atoms with van der Waals surface area (Å²) < 4.78 is 5.36. The molecule has 0 radical (unpaired) electrons. The van der Waals surface area contributed by atoms with Gasteiger partial charge in [0.2, 0.25) is 0 Å². The lowest BCUT2D eigenvalue weighted by Gasteiger charge is -2.26. The first-order valence-electron chi connectivity index (χ1n) is 6.29. The highest BCUT2D eigenvalue weighted by Crippen LogP contribution is 2.15. The summed E-state index contributed by atoms with van der Waals surface area (Å²) in [5.74, 6) is -0.622. The maximum atomic E-state index is 12.0. The van der Waals surface area contributed by atoms with Crippen molar-refractivity contribution in [3.63, 3.8) is 0 Å². The first-order valence-corrected chi connectivity index (χ1v) is 6.67. The Morgan fingerprint density at radius 2 is 1.90 bits per heavy atom. The van der Waals surface area contributed by atoms with Crippen molar-refractivity contribution in [2.75, 3.05) is 13.2 Å². The van der Waals surface area contributed by atoms with Crippen LogP contribution in [0.5, 0.6) is 5.75 Å². The summed E-state index contributed by atoms with van der Waals surface area (Å²) in [6, 6.07) is 6.62. The van der Waals surface area contributed by atoms with E-state index in [0.717, 1.165) is 0 Å². The Morgan fingerprint density at radius 3 is 2.40 bits per heavy atom. The zero-order chi connectivity index (χ0) is 15.1. The number of ether oxygens (including phenoxy) is 1. The van der Waals surface area contributed by atoms with Crippen LogP contribution in [0.1, 0.15) is 20.3 Å². The van der Waals surface area contributed by atoms with Crippen LogP contribution in [0, 0.1) is 0 Å². The molecule has 1 aromatic carbocycles. The Labute approximate surface area is 123 Å². The molecule has 0 aliphatic heterocycles. The van der Waals surface area contributed by atoms with Crippen LogP contribution in [0.3, 0.4) is 0 Å². The zero-order valence-electron chi connectivity index (χ0n) is 11.5. The fraction of sp³-hybridized carbons (Fsp3) is 0.429. The molecule has 1 N–H and O–H groups in total. The molecule has 1 rings (SSSR count). The Hall–Kier alpha value is -1.75. The summed E-state index contributed by atoms with van der Waals surface area (Å²) in [4.78, 5) is 24.1. The standard InChI is InChI=1S/C14H18ClNO4/c1-10(2)16(8-7-14(18)19)13(17)9-20-12-5-3-11(15)4-6-12/h3-6,10H,7-9H2,1-2H3,(H,18,19). The van der Waals surface area contributed by atoms with Crippen LogP contribution in [0.2, 0.25) is 5.02 Å². The molecule has 110 valence electrons. The van der Waals surface area contributed by atoms with Gasteiger partial charge in [0.25, 0.3) is 5.91 Å². The van der Waals surface area contributed by atoms with Gasteiger partial charge in [-0.1, -0.05) is 11.6 Å². The second-order valence-electron chi connectivity index (χ2n) is 4.57. The number of carboxylic acids is 1. The maximum absolute atomic E-state index is 12.0. The van der Waals surface area contributed by atoms with Crippen LogP contribution in [0.25, 0.3) is 0 Å². The van der Waals surface area contributed by atoms with Crippen molar-refractivity contribution in [2.45, 2.75) is 26.3 Å². The van der Waals surface area contributed by atoms with Gasteiger partial charge >= 0.3 is 5.97 Å². The number of hydrogen-bond donors (Lipinski definition) is 1. The number of nitrogens with zero attached hydrogens (tertiary/aromatic N) is 1. The minimum Gasteiger partial charge on any atom is -0.484 e. The highest BCUT2D eigenvalue weighted by Gasteiger charge is 2.18. The Morgan fingerprint density at radius 1 is 1.30 bits per heavy atom. The van der Waals surface area contributed by atoms with E-state index in [1.165, 1.54) is 4.90 Å². The van der Waals surface area contributed by atoms with Gasteiger partial charge in [0.05, 0.1) is 6.42 Å². The molecule has 0 aliphatic rings. The summed E-state index contributed by atoms with van der Waals surface area (Å²) >= 11 is 5.75. The molecule has 0 unspecified atom stereocenters. The first-order chi connectivity index (χ1) is 9.40. The van der Waals surface area contributed by atoms with Gasteiger partial charge in [0, 0.05) is 17.6 Å². The number of halogens is 1. The van der Waals surface area contributed by atoms with Crippen LogP contribution in [0.4, 0.5) is 0 Å². The van der Waals surface area contributed by atoms with Crippen LogP contribution in [0.15, 0.2) is 24.3 Å². The summed E-state index contributed by atoms with van der Waals surface area (Å²) in [7, 11) is 0. The van der Waals surface area contributed by atoms with Crippen molar-refractivity contribution in [3.05, 3.63) is 29.3 Å². The van der Waals surface area contributed by atoms with E-state index in [2.05, 4.69) is 0 Å². The minimum absolute atomic E-state index is 0.0735. The average Bonchev–Trinajstić information content (AvgIpc) is 2.37. The van der Waals surface area contributed by atoms with E-state index in [0.29, 0.717) is 10.8 Å². The normalized spacial score (nSPS) is 10.4. The van der Waals surface area contributed by atoms with Crippen LogP contribution in [-0.4, -0.2) is 41.1 Å². The molecule has 0 saturated carbocycles. The van der Waals surface area contributed by atoms with Crippen molar-refractivity contribution in [1.82, 2.24) is 4.90 Å². The average molecular weight is 300 g/mol. The number of benzene rings is 1. The van der Waals surface area contributed by atoms with Crippen molar-refractivity contribution in [1.29, 1.82) is 0 Å². The SMILES string of the molecule is CC(C)N(CCC(=O)O)C(=O)COc1ccc(Cl)cc1. The lowest BCUT2D eigenvalue weighted by Crippen LogP contribution is -2.41. The van der Waals surface area contributed by atoms with E-state index < -0.39 is 5.97 Å². The molecule has 0 atom stereocenters. The number of aliphatic carboxylic acids is 1. The molecular formula is C14H18ClNO4. The van der Waals surface area contributed by atoms with E-state index in [9.17, 15) is 9.59 Å². The molecule has 1 amide bonds. The minimum atomic E-state index is -0.929. The lowest BCUT2D eigenvalue weighted by atomic mass is 10.2. The molecule has 0 aliphatic carbocycles. The highest BCUT2D eigenvalue weighted by atomic mass is 35.5. The number of hydrogen-bond acceptors (Lipinski definition) is 3. The van der Waals surface area contributed by atoms with E-state index in [1.54, 1.807) is 24.3 Å². The van der Waals surface area contributed by atoms with Crippen molar-refractivity contribution in [3.8, 4) is 5.75 Å². The summed E-state index contributed by atoms with van der Waals surface area (Å²) in [6.07, 6.45) is -0.0785. The summed E-state index contributed by atoms with van der Waals surface area (Å²) in [5.41, 5.74) is 0. The predicted octanol–water partition coefficient (Wildman–Crippen LogP) is 2.43. The van der Waals surface area contributed by atoms with Gasteiger partial charge in [0.1, 0.15) is 5.75 Å². The largest absolute Gasteiger partial charge is 0.484 e. The smallest absolute Gasteiger partial charge is 0.305 e. The van der Waals surface area contributed by atoms with Gasteiger partial charge in [0.15, 0.2) is 6.61 Å². The molecule has 0 bridgehead atoms. The van der Waals surface area contributed by atoms with Gasteiger partial charge < -0.3 is 14.7 Å². The Kier molecular flexibility index (Phi) is 6.31. The van der Waals surface area contributed by atoms with Crippen molar-refractivity contribution >= 4 is 23.5 Å². The van der Waals surface area contributed by atoms with Gasteiger partial charge in [-0.15, -0.1) is 0 Å². The molecule has 6 heteroatoms. The molecule has 5 nitrogen and oxygen atoms in total. The van der Waals surface area contributed by atoms with Gasteiger partial charge in [-0.05, 0) is 38.1 Å².